The molecule has 2 rings (SSSR count). The van der Waals surface area contributed by atoms with Crippen molar-refractivity contribution in [1.82, 2.24) is 4.90 Å². The van der Waals surface area contributed by atoms with Gasteiger partial charge in [-0.1, -0.05) is 15.9 Å². The number of carboxylic acids is 1. The number of likely N-dealkylation sites (tertiary alicyclic amines) is 1. The second-order valence-electron chi connectivity index (χ2n) is 5.22. The van der Waals surface area contributed by atoms with Gasteiger partial charge in [0.25, 0.3) is 0 Å². The standard InChI is InChI=1S/C14H15BrF3NO2.ClH/c15-11-3-4-12(13(20)21)9(6-11)7-19-5-1-2-10(8-19)14(16,17)18;/h3-4,6,10H,1-2,5,7-8H2,(H,20,21);1H. The first-order valence-electron chi connectivity index (χ1n) is 6.58. The summed E-state index contributed by atoms with van der Waals surface area (Å²) in [5.74, 6) is -2.39. The highest BCUT2D eigenvalue weighted by molar-refractivity contribution is 9.10. The van der Waals surface area contributed by atoms with E-state index in [1.165, 1.54) is 6.07 Å². The highest BCUT2D eigenvalue weighted by Crippen LogP contribution is 2.33. The van der Waals surface area contributed by atoms with Crippen molar-refractivity contribution in [2.24, 2.45) is 5.92 Å². The normalized spacial score (nSPS) is 19.5. The van der Waals surface area contributed by atoms with E-state index in [-0.39, 0.29) is 37.5 Å². The van der Waals surface area contributed by atoms with Crippen molar-refractivity contribution in [2.75, 3.05) is 13.1 Å². The molecule has 0 amide bonds. The zero-order valence-electron chi connectivity index (χ0n) is 11.6. The van der Waals surface area contributed by atoms with E-state index in [1.807, 2.05) is 0 Å². The molecule has 0 spiro atoms. The number of halogens is 5. The molecule has 1 aromatic rings. The first kappa shape index (κ1) is 19.3. The summed E-state index contributed by atoms with van der Waals surface area (Å²) < 4.78 is 39.1. The third-order valence-electron chi connectivity index (χ3n) is 3.66. The molecule has 1 atom stereocenters. The van der Waals surface area contributed by atoms with Gasteiger partial charge in [0.2, 0.25) is 0 Å². The molecule has 0 saturated carbocycles. The van der Waals surface area contributed by atoms with Gasteiger partial charge in [0.1, 0.15) is 0 Å². The zero-order chi connectivity index (χ0) is 15.6. The molecule has 1 aliphatic rings. The molecular formula is C14H16BrClF3NO2. The van der Waals surface area contributed by atoms with Gasteiger partial charge < -0.3 is 5.11 Å². The van der Waals surface area contributed by atoms with Gasteiger partial charge >= 0.3 is 12.1 Å². The van der Waals surface area contributed by atoms with Crippen LogP contribution in [0.25, 0.3) is 0 Å². The van der Waals surface area contributed by atoms with E-state index in [2.05, 4.69) is 15.9 Å². The monoisotopic (exact) mass is 401 g/mol. The van der Waals surface area contributed by atoms with Crippen LogP contribution in [-0.2, 0) is 6.54 Å². The number of carboxylic acid groups (broad SMARTS) is 1. The first-order valence-corrected chi connectivity index (χ1v) is 7.37. The molecule has 1 unspecified atom stereocenters. The number of rotatable bonds is 3. The van der Waals surface area contributed by atoms with Crippen LogP contribution in [-0.4, -0.2) is 35.2 Å². The molecule has 1 aromatic carbocycles. The summed E-state index contributed by atoms with van der Waals surface area (Å²) in [5, 5.41) is 9.15. The Bertz CT molecular complexity index is 539. The summed E-state index contributed by atoms with van der Waals surface area (Å²) in [6.07, 6.45) is -3.57. The third-order valence-corrected chi connectivity index (χ3v) is 4.15. The van der Waals surface area contributed by atoms with Gasteiger partial charge in [0.05, 0.1) is 11.5 Å². The van der Waals surface area contributed by atoms with Crippen LogP contribution in [0.2, 0.25) is 0 Å². The van der Waals surface area contributed by atoms with Gasteiger partial charge in [0.15, 0.2) is 0 Å². The van der Waals surface area contributed by atoms with Gasteiger partial charge in [-0.05, 0) is 43.1 Å². The topological polar surface area (TPSA) is 40.5 Å². The van der Waals surface area contributed by atoms with E-state index < -0.39 is 18.1 Å². The number of piperidine rings is 1. The summed E-state index contributed by atoms with van der Waals surface area (Å²) in [5.41, 5.74) is 0.659. The molecule has 124 valence electrons. The number of carbonyl (C=O) groups is 1. The van der Waals surface area contributed by atoms with Crippen LogP contribution in [0.5, 0.6) is 0 Å². The molecule has 8 heteroatoms. The van der Waals surface area contributed by atoms with Crippen molar-refractivity contribution in [3.05, 3.63) is 33.8 Å². The number of aromatic carboxylic acids is 1. The zero-order valence-corrected chi connectivity index (χ0v) is 14.0. The summed E-state index contributed by atoms with van der Waals surface area (Å²) in [6, 6.07) is 4.73. The Morgan fingerprint density at radius 2 is 2.09 bits per heavy atom. The van der Waals surface area contributed by atoms with Crippen molar-refractivity contribution in [2.45, 2.75) is 25.6 Å². The molecule has 0 bridgehead atoms. The Hall–Kier alpha value is -0.790. The van der Waals surface area contributed by atoms with Gasteiger partial charge in [-0.3, -0.25) is 4.90 Å². The molecule has 1 aliphatic heterocycles. The maximum absolute atomic E-state index is 12.8. The minimum absolute atomic E-state index is 0. The SMILES string of the molecule is Cl.O=C(O)c1ccc(Br)cc1CN1CCCC(C(F)(F)F)C1. The summed E-state index contributed by atoms with van der Waals surface area (Å²) in [4.78, 5) is 12.9. The van der Waals surface area contributed by atoms with Crippen LogP contribution in [0.4, 0.5) is 13.2 Å². The third kappa shape index (κ3) is 4.86. The van der Waals surface area contributed by atoms with E-state index in [0.717, 1.165) is 0 Å². The van der Waals surface area contributed by atoms with Crippen LogP contribution in [0.1, 0.15) is 28.8 Å². The van der Waals surface area contributed by atoms with Gasteiger partial charge in [-0.15, -0.1) is 12.4 Å². The second kappa shape index (κ2) is 7.66. The van der Waals surface area contributed by atoms with Crippen molar-refractivity contribution >= 4 is 34.3 Å². The van der Waals surface area contributed by atoms with Crippen molar-refractivity contribution in [3.8, 4) is 0 Å². The minimum Gasteiger partial charge on any atom is -0.478 e. The molecule has 1 N–H and O–H groups in total. The van der Waals surface area contributed by atoms with Crippen molar-refractivity contribution in [1.29, 1.82) is 0 Å². The molecule has 0 aromatic heterocycles. The second-order valence-corrected chi connectivity index (χ2v) is 6.14. The lowest BCUT2D eigenvalue weighted by atomic mass is 9.96. The Balaban J connectivity index is 0.00000242. The maximum atomic E-state index is 12.8. The molecule has 3 nitrogen and oxygen atoms in total. The van der Waals surface area contributed by atoms with E-state index in [0.29, 0.717) is 23.0 Å². The van der Waals surface area contributed by atoms with Gasteiger partial charge in [-0.2, -0.15) is 13.2 Å². The van der Waals surface area contributed by atoms with Crippen LogP contribution in [0.3, 0.4) is 0 Å². The lowest BCUT2D eigenvalue weighted by Crippen LogP contribution is -2.41. The molecule has 0 radical (unpaired) electrons. The lowest BCUT2D eigenvalue weighted by Gasteiger charge is -2.34. The summed E-state index contributed by atoms with van der Waals surface area (Å²) in [7, 11) is 0. The predicted molar refractivity (Wildman–Crippen MR) is 82.4 cm³/mol. The number of nitrogens with zero attached hydrogens (tertiary/aromatic N) is 1. The van der Waals surface area contributed by atoms with Crippen molar-refractivity contribution < 1.29 is 23.1 Å². The highest BCUT2D eigenvalue weighted by atomic mass is 79.9. The molecular weight excluding hydrogens is 387 g/mol. The number of hydrogen-bond acceptors (Lipinski definition) is 2. The number of alkyl halides is 3. The molecule has 1 fully saturated rings. The van der Waals surface area contributed by atoms with E-state index in [4.69, 9.17) is 5.11 Å². The van der Waals surface area contributed by atoms with Crippen LogP contribution in [0.15, 0.2) is 22.7 Å². The Kier molecular flexibility index (Phi) is 6.70. The molecule has 1 heterocycles. The quantitative estimate of drug-likeness (QED) is 0.817. The first-order chi connectivity index (χ1) is 9.77. The maximum Gasteiger partial charge on any atom is 0.393 e. The van der Waals surface area contributed by atoms with Gasteiger partial charge in [0, 0.05) is 17.6 Å². The van der Waals surface area contributed by atoms with Crippen molar-refractivity contribution in [3.63, 3.8) is 0 Å². The number of benzene rings is 1. The molecule has 22 heavy (non-hydrogen) atoms. The van der Waals surface area contributed by atoms with Crippen LogP contribution >= 0.6 is 28.3 Å². The smallest absolute Gasteiger partial charge is 0.393 e. The Labute approximate surface area is 141 Å². The fraction of sp³-hybridized carbons (Fsp3) is 0.500. The average Bonchev–Trinajstić information content (AvgIpc) is 2.37. The predicted octanol–water partition coefficient (Wildman–Crippen LogP) is 4.34. The Morgan fingerprint density at radius 3 is 2.68 bits per heavy atom. The molecule has 1 saturated heterocycles. The van der Waals surface area contributed by atoms with Crippen LogP contribution < -0.4 is 0 Å². The average molecular weight is 403 g/mol. The lowest BCUT2D eigenvalue weighted by molar-refractivity contribution is -0.187. The van der Waals surface area contributed by atoms with E-state index >= 15 is 0 Å². The fourth-order valence-electron chi connectivity index (χ4n) is 2.61. The van der Waals surface area contributed by atoms with E-state index in [9.17, 15) is 18.0 Å². The largest absolute Gasteiger partial charge is 0.478 e. The molecule has 0 aliphatic carbocycles. The van der Waals surface area contributed by atoms with E-state index in [1.54, 1.807) is 17.0 Å². The minimum atomic E-state index is -4.19. The number of hydrogen-bond donors (Lipinski definition) is 1. The van der Waals surface area contributed by atoms with Gasteiger partial charge in [-0.25, -0.2) is 4.79 Å². The summed E-state index contributed by atoms with van der Waals surface area (Å²) in [6.45, 7) is 0.695. The van der Waals surface area contributed by atoms with Crippen LogP contribution in [0, 0.1) is 5.92 Å². The fourth-order valence-corrected chi connectivity index (χ4v) is 3.02. The Morgan fingerprint density at radius 1 is 1.41 bits per heavy atom. The highest BCUT2D eigenvalue weighted by Gasteiger charge is 2.41. The summed E-state index contributed by atoms with van der Waals surface area (Å²) >= 11 is 3.26.